The van der Waals surface area contributed by atoms with E-state index >= 15 is 0 Å². The van der Waals surface area contributed by atoms with Crippen molar-refractivity contribution in [2.45, 2.75) is 341 Å². The Hall–Kier alpha value is -4.80. The van der Waals surface area contributed by atoms with Gasteiger partial charge in [-0.05, 0) is 117 Å². The van der Waals surface area contributed by atoms with Crippen molar-refractivity contribution in [3.8, 4) is 0 Å². The summed E-state index contributed by atoms with van der Waals surface area (Å²) in [7, 11) is -4.68. The van der Waals surface area contributed by atoms with Gasteiger partial charge in [-0.2, -0.15) is 0 Å². The van der Waals surface area contributed by atoms with Crippen LogP contribution in [0.15, 0.2) is 0 Å². The molecule has 128 heavy (non-hydrogen) atoms. The number of hydrogen-bond acceptors (Lipinski definition) is 37. The smallest absolute Gasteiger partial charge is 0.248 e. The molecule has 0 radical (unpaired) electrons. The number of amides is 8. The van der Waals surface area contributed by atoms with Gasteiger partial charge < -0.3 is 182 Å². The Kier molecular flexibility index (Phi) is 45.6. The van der Waals surface area contributed by atoms with Gasteiger partial charge in [0, 0.05) is 126 Å². The zero-order valence-electron chi connectivity index (χ0n) is 75.0. The van der Waals surface area contributed by atoms with E-state index in [4.69, 9.17) is 70.2 Å². The average molecular weight is 1880 g/mol. The van der Waals surface area contributed by atoms with Crippen molar-refractivity contribution < 1.29 is 180 Å². The van der Waals surface area contributed by atoms with Gasteiger partial charge in [0.2, 0.25) is 62.4 Å². The first kappa shape index (κ1) is 110. The molecule has 30 atom stereocenters. The lowest BCUT2D eigenvalue weighted by atomic mass is 9.97. The van der Waals surface area contributed by atoms with E-state index in [9.17, 15) is 109 Å². The zero-order valence-corrected chi connectivity index (χ0v) is 76.8. The third kappa shape index (κ3) is 33.3. The van der Waals surface area contributed by atoms with Crippen LogP contribution in [-0.4, -0.2) is 440 Å². The molecule has 8 saturated heterocycles. The number of nitrogens with one attached hydrogen (secondary N) is 4. The van der Waals surface area contributed by atoms with E-state index < -0.39 is 224 Å². The lowest BCUT2D eigenvalue weighted by molar-refractivity contribution is -0.270. The maximum Gasteiger partial charge on any atom is 0.248 e. The summed E-state index contributed by atoms with van der Waals surface area (Å²) in [4.78, 5) is 132. The first-order valence-electron chi connectivity index (χ1n) is 44.0. The molecule has 0 aromatic carbocycles. The number of hydrogen-bond donors (Lipinski definition) is 18. The van der Waals surface area contributed by atoms with Crippen molar-refractivity contribution in [2.24, 2.45) is 0 Å². The summed E-state index contributed by atoms with van der Waals surface area (Å²) in [5, 5.41) is 132. The van der Waals surface area contributed by atoms with Crippen molar-refractivity contribution >= 4 is 75.0 Å². The summed E-state index contributed by atoms with van der Waals surface area (Å²) in [5.41, 5.74) is -0.579. The summed E-state index contributed by atoms with van der Waals surface area (Å²) >= 11 is 0. The number of rotatable bonds is 47. The molecule has 47 heteroatoms. The minimum Gasteiger partial charge on any atom is -0.394 e. The molecule has 0 aromatic rings. The van der Waals surface area contributed by atoms with Crippen LogP contribution in [0.3, 0.4) is 0 Å². The third-order valence-electron chi connectivity index (χ3n) is 23.3. The number of unbranched alkanes of at least 4 members (excludes halogenated alkanes) is 4. The van der Waals surface area contributed by atoms with E-state index in [0.29, 0.717) is 77.4 Å². The molecule has 8 aliphatic rings. The van der Waals surface area contributed by atoms with Gasteiger partial charge >= 0.3 is 0 Å². The highest BCUT2D eigenvalue weighted by molar-refractivity contribution is 7.58. The molecular formula is C81H144N8O37P2. The van der Waals surface area contributed by atoms with Crippen molar-refractivity contribution in [3.63, 3.8) is 0 Å². The minimum absolute atomic E-state index is 0.0103. The molecule has 8 fully saturated rings. The van der Waals surface area contributed by atoms with E-state index in [0.717, 1.165) is 6.42 Å². The fraction of sp³-hybridized carbons (Fsp3) is 0.877. The summed E-state index contributed by atoms with van der Waals surface area (Å²) < 4.78 is 86.9. The summed E-state index contributed by atoms with van der Waals surface area (Å²) in [6.45, 7) is 11.1. The van der Waals surface area contributed by atoms with Gasteiger partial charge in [0.1, 0.15) is 97.4 Å². The molecule has 22 unspecified atom stereocenters. The van der Waals surface area contributed by atoms with Crippen LogP contribution >= 0.6 is 15.1 Å². The Morgan fingerprint density at radius 1 is 0.391 bits per heavy atom. The van der Waals surface area contributed by atoms with Gasteiger partial charge in [0.05, 0.1) is 94.4 Å². The molecule has 8 aliphatic heterocycles. The van der Waals surface area contributed by atoms with Crippen molar-refractivity contribution in [1.82, 2.24) is 40.9 Å². The number of carbonyl (C=O) groups is 8. The topological polar surface area (TPSA) is 619 Å². The van der Waals surface area contributed by atoms with Crippen LogP contribution in [0.25, 0.3) is 0 Å². The molecular weight excluding hydrogens is 1740 g/mol. The second-order valence-corrected chi connectivity index (χ2v) is 38.2. The highest BCUT2D eigenvalue weighted by Gasteiger charge is 2.51. The molecule has 0 aromatic heterocycles. The van der Waals surface area contributed by atoms with Crippen LogP contribution in [-0.2, 0) is 109 Å². The number of aliphatic hydroxyl groups is 12. The van der Waals surface area contributed by atoms with Crippen LogP contribution in [0.1, 0.15) is 165 Å². The number of nitrogens with zero attached hydrogens (tertiary/aromatic N) is 4. The van der Waals surface area contributed by atoms with E-state index in [2.05, 4.69) is 33.9 Å². The fourth-order valence-electron chi connectivity index (χ4n) is 16.9. The monoisotopic (exact) mass is 1880 g/mol. The normalized spacial score (nSPS) is 34.2. The second-order valence-electron chi connectivity index (χ2n) is 34.7. The molecule has 8 heterocycles. The quantitative estimate of drug-likeness (QED) is 0.0201. The van der Waals surface area contributed by atoms with Crippen LogP contribution < -0.4 is 21.3 Å². The molecule has 8 amide bonds. The summed E-state index contributed by atoms with van der Waals surface area (Å²) in [6, 6.07) is -6.02. The number of likely N-dealkylation sites (tertiary alicyclic amines) is 4. The van der Waals surface area contributed by atoms with E-state index in [-0.39, 0.29) is 140 Å². The Balaban J connectivity index is 0.000000606. The van der Waals surface area contributed by atoms with Crippen molar-refractivity contribution in [1.29, 1.82) is 0 Å². The molecule has 0 aliphatic carbocycles. The van der Waals surface area contributed by atoms with Crippen molar-refractivity contribution in [2.75, 3.05) is 113 Å². The molecule has 45 nitrogen and oxygen atoms in total. The third-order valence-corrected chi connectivity index (χ3v) is 25.7. The highest BCUT2D eigenvalue weighted by atomic mass is 31.2. The van der Waals surface area contributed by atoms with E-state index in [1.165, 1.54) is 32.6 Å². The lowest BCUT2D eigenvalue weighted by Crippen LogP contribution is -2.64. The predicted molar refractivity (Wildman–Crippen MR) is 453 cm³/mol. The van der Waals surface area contributed by atoms with Crippen LogP contribution in [0.4, 0.5) is 0 Å². The molecule has 8 rings (SSSR count). The Morgan fingerprint density at radius 3 is 0.914 bits per heavy atom. The lowest BCUT2D eigenvalue weighted by Gasteiger charge is -2.42. The molecule has 0 spiro atoms. The standard InChI is InChI=1S/C61H108N6O28P2.C20H36N2O9/c1-10-37-23-41(27-65(37)46(74)17-11-14-20-85-58-49(62-34(2)71)55(80)52(77)43(29-68)90-58)94-96(8,83)89-33-39-25-42(28-67(39)48(76)19-13-16-22-87-60-51(64-36(4)73)57(82)54(79)45(31-70)92-60)95-97(9,84)88-32-38-24-40(93-61(5,6)7)26-66(38)47(75)18-12-15-21-86-59-50(63-35(3)72)56(81)53(78)44(30-69)91-59;1-12(24)21-17-19(27)18(26)15(10-23)31-20(17)30-7-5-4-6-16(25)22-9-14(29-3)8-13(22)11-28-2/h37-45,49-60,68-70,77-84H,8-33H2,1-7H3,(H,62,71)(H,63,72)(H,64,73);13-15,17-20,23,26-27H,4-11H2,1-3H3,(H,21,24)/t37-,38+,39+,40-,41-,42-,43?,44?,45?,49?,50?,51?,52?,53?,54?,55?,56?,57?,58?,59?,60?,96?,97?;13-,14+,15?,17?,18?,19?,20?/m10/s1. The highest BCUT2D eigenvalue weighted by Crippen LogP contribution is 2.50. The van der Waals surface area contributed by atoms with Crippen LogP contribution in [0.2, 0.25) is 0 Å². The molecule has 0 saturated carbocycles. The minimum atomic E-state index is -3.99. The molecule has 740 valence electrons. The number of methoxy groups -OCH3 is 2. The SMILES string of the molecule is C=P(O)(OC[C@@H]1C[C@@H](OP(=C)(O)OC[C@@H]2C[C@@H](OC(C)(C)C)CN2C(=O)CCCCOC2OC(CO)C(O)C(O)C2NC(C)=O)CN1C(=O)CCCCOC1OC(CO)C(O)C(O)C1NC(C)=O)O[C@@H]1C[C@@H](CC)N(C(=O)CCCCOC2OC(CO)C(O)C(O)C2NC(C)=O)C1.COC[C@@H]1C[C@@H](OC)CN1C(=O)CCCCOC1OC(CO)C(O)C(O)C1NC(C)=O. The molecule has 0 bridgehead atoms. The largest absolute Gasteiger partial charge is 0.394 e. The Bertz CT molecular complexity index is 3550. The zero-order chi connectivity index (χ0) is 94.7. The van der Waals surface area contributed by atoms with Gasteiger partial charge in [0.25, 0.3) is 0 Å². The van der Waals surface area contributed by atoms with Crippen LogP contribution in [0, 0.1) is 0 Å². The second kappa shape index (κ2) is 52.9. The molecule has 18 N–H and O–H groups in total. The van der Waals surface area contributed by atoms with E-state index in [1.807, 2.05) is 27.7 Å². The number of ether oxygens (including phenoxy) is 11. The summed E-state index contributed by atoms with van der Waals surface area (Å²) in [6.07, 6.45) is -9.47. The maximum atomic E-state index is 14.2. The van der Waals surface area contributed by atoms with Gasteiger partial charge in [-0.25, -0.2) is 0 Å². The Morgan fingerprint density at radius 2 is 0.648 bits per heavy atom. The van der Waals surface area contributed by atoms with Crippen molar-refractivity contribution in [3.05, 3.63) is 0 Å². The predicted octanol–water partition coefficient (Wildman–Crippen LogP) is -4.67. The Labute approximate surface area is 746 Å². The first-order valence-corrected chi connectivity index (χ1v) is 47.5. The van der Waals surface area contributed by atoms with Gasteiger partial charge in [-0.15, -0.1) is 0 Å². The van der Waals surface area contributed by atoms with Gasteiger partial charge in [0.15, 0.2) is 25.2 Å². The number of carbonyl (C=O) groups excluding carboxylic acids is 8. The first-order chi connectivity index (χ1) is 60.5. The maximum absolute atomic E-state index is 14.2. The summed E-state index contributed by atoms with van der Waals surface area (Å²) in [5.74, 6) is -2.73. The number of aliphatic hydroxyl groups excluding tert-OH is 12. The van der Waals surface area contributed by atoms with Crippen LogP contribution in [0.5, 0.6) is 0 Å². The average Bonchev–Trinajstić information content (AvgIpc) is 1.35. The van der Waals surface area contributed by atoms with Gasteiger partial charge in [-0.1, -0.05) is 6.92 Å². The van der Waals surface area contributed by atoms with Gasteiger partial charge in [-0.3, -0.25) is 38.4 Å². The van der Waals surface area contributed by atoms with E-state index in [1.54, 1.807) is 28.9 Å². The fourth-order valence-corrected chi connectivity index (χ4v) is 19.1.